The van der Waals surface area contributed by atoms with E-state index in [4.69, 9.17) is 4.74 Å². The molecule has 6 nitrogen and oxygen atoms in total. The molecule has 0 atom stereocenters. The van der Waals surface area contributed by atoms with Gasteiger partial charge in [0.05, 0.1) is 4.92 Å². The number of hydrogen-bond donors (Lipinski definition) is 1. The van der Waals surface area contributed by atoms with E-state index in [-0.39, 0.29) is 18.4 Å². The second-order valence-corrected chi connectivity index (χ2v) is 5.38. The molecule has 1 amide bonds. The molecule has 1 aliphatic heterocycles. The summed E-state index contributed by atoms with van der Waals surface area (Å²) in [6.07, 6.45) is 3.45. The number of rotatable bonds is 4. The highest BCUT2D eigenvalue weighted by Gasteiger charge is 2.20. The van der Waals surface area contributed by atoms with Crippen LogP contribution in [0.2, 0.25) is 0 Å². The van der Waals surface area contributed by atoms with Gasteiger partial charge >= 0.3 is 6.09 Å². The maximum absolute atomic E-state index is 12.0. The van der Waals surface area contributed by atoms with Gasteiger partial charge in [-0.15, -0.1) is 0 Å². The summed E-state index contributed by atoms with van der Waals surface area (Å²) in [5.74, 6) is 0.722. The lowest BCUT2D eigenvalue weighted by atomic mass is 10.0. The van der Waals surface area contributed by atoms with Crippen LogP contribution in [0.1, 0.15) is 18.4 Å². The number of carbonyl (C=O) groups excluding carboxylic acids is 1. The van der Waals surface area contributed by atoms with Crippen LogP contribution >= 0.6 is 12.6 Å². The van der Waals surface area contributed by atoms with E-state index in [0.717, 1.165) is 24.2 Å². The number of nitrogens with zero attached hydrogens (tertiary/aromatic N) is 2. The van der Waals surface area contributed by atoms with Gasteiger partial charge in [0.2, 0.25) is 0 Å². The lowest BCUT2D eigenvalue weighted by molar-refractivity contribution is -0.384. The third kappa shape index (κ3) is 4.49. The van der Waals surface area contributed by atoms with Crippen molar-refractivity contribution in [2.75, 3.05) is 18.8 Å². The smallest absolute Gasteiger partial charge is 0.410 e. The fourth-order valence-corrected chi connectivity index (χ4v) is 2.52. The Labute approximate surface area is 134 Å². The number of hydrogen-bond acceptors (Lipinski definition) is 5. The Balaban J connectivity index is 1.80. The summed E-state index contributed by atoms with van der Waals surface area (Å²) in [6.45, 7) is 1.42. The van der Waals surface area contributed by atoms with Crippen LogP contribution in [0.4, 0.5) is 10.5 Å². The van der Waals surface area contributed by atoms with Crippen LogP contribution in [0.25, 0.3) is 0 Å². The topological polar surface area (TPSA) is 72.7 Å². The van der Waals surface area contributed by atoms with Gasteiger partial charge < -0.3 is 9.64 Å². The number of likely N-dealkylation sites (tertiary alicyclic amines) is 1. The van der Waals surface area contributed by atoms with Gasteiger partial charge in [0.25, 0.3) is 5.69 Å². The Kier molecular flexibility index (Phi) is 5.83. The van der Waals surface area contributed by atoms with E-state index < -0.39 is 4.92 Å². The van der Waals surface area contributed by atoms with Crippen LogP contribution in [-0.4, -0.2) is 34.8 Å². The molecule has 0 spiro atoms. The Hall–Kier alpha value is -2.02. The molecule has 2 rings (SSSR count). The number of nitro benzene ring substituents is 1. The van der Waals surface area contributed by atoms with Crippen molar-refractivity contribution in [3.63, 3.8) is 0 Å². The maximum atomic E-state index is 12.0. The van der Waals surface area contributed by atoms with E-state index in [1.54, 1.807) is 17.0 Å². The number of benzene rings is 1. The molecule has 0 N–H and O–H groups in total. The van der Waals surface area contributed by atoms with E-state index >= 15 is 0 Å². The van der Waals surface area contributed by atoms with Gasteiger partial charge in [0.15, 0.2) is 0 Å². The average Bonchev–Trinajstić information content (AvgIpc) is 2.54. The van der Waals surface area contributed by atoms with Crippen molar-refractivity contribution in [1.82, 2.24) is 4.90 Å². The molecule has 1 aromatic rings. The molecule has 0 aliphatic carbocycles. The van der Waals surface area contributed by atoms with Crippen LogP contribution in [0.3, 0.4) is 0 Å². The lowest BCUT2D eigenvalue weighted by Gasteiger charge is -2.27. The number of piperidine rings is 1. The summed E-state index contributed by atoms with van der Waals surface area (Å²) in [5.41, 5.74) is 2.08. The van der Waals surface area contributed by atoms with Gasteiger partial charge in [-0.3, -0.25) is 10.1 Å². The summed E-state index contributed by atoms with van der Waals surface area (Å²) in [5, 5.41) is 10.6. The van der Waals surface area contributed by atoms with Crippen LogP contribution in [0, 0.1) is 10.1 Å². The number of carbonyl (C=O) groups is 1. The Morgan fingerprint density at radius 2 is 1.95 bits per heavy atom. The highest BCUT2D eigenvalue weighted by atomic mass is 32.1. The summed E-state index contributed by atoms with van der Waals surface area (Å²) in [7, 11) is 0. The monoisotopic (exact) mass is 322 g/mol. The zero-order chi connectivity index (χ0) is 15.9. The molecule has 118 valence electrons. The number of ether oxygens (including phenoxy) is 1. The van der Waals surface area contributed by atoms with Gasteiger partial charge in [-0.2, -0.15) is 12.6 Å². The molecule has 7 heteroatoms. The van der Waals surface area contributed by atoms with Crippen molar-refractivity contribution in [1.29, 1.82) is 0 Å². The highest BCUT2D eigenvalue weighted by Crippen LogP contribution is 2.18. The quantitative estimate of drug-likeness (QED) is 0.400. The molecule has 1 aromatic carbocycles. The second-order valence-electron chi connectivity index (χ2n) is 5.01. The fraction of sp³-hybridized carbons (Fsp3) is 0.400. The molecule has 0 unspecified atom stereocenters. The van der Waals surface area contributed by atoms with Crippen LogP contribution < -0.4 is 0 Å². The van der Waals surface area contributed by atoms with Gasteiger partial charge in [-0.25, -0.2) is 4.79 Å². The molecule has 0 aromatic heterocycles. The standard InChI is InChI=1S/C15H18N2O4S/c18-15(16-8-5-12(6-9-16)7-10-22)21-11-13-1-3-14(4-2-13)17(19)20/h1-4,7,22H,5-6,8-11H2. The van der Waals surface area contributed by atoms with E-state index in [2.05, 4.69) is 18.7 Å². The number of amides is 1. The van der Waals surface area contributed by atoms with Crippen molar-refractivity contribution in [3.05, 3.63) is 51.6 Å². The van der Waals surface area contributed by atoms with Gasteiger partial charge in [-0.05, 0) is 30.5 Å². The Morgan fingerprint density at radius 1 is 1.32 bits per heavy atom. The van der Waals surface area contributed by atoms with Crippen LogP contribution in [-0.2, 0) is 11.3 Å². The molecule has 0 bridgehead atoms. The average molecular weight is 322 g/mol. The largest absolute Gasteiger partial charge is 0.445 e. The maximum Gasteiger partial charge on any atom is 0.410 e. The van der Waals surface area contributed by atoms with E-state index in [1.807, 2.05) is 0 Å². The Morgan fingerprint density at radius 3 is 2.50 bits per heavy atom. The van der Waals surface area contributed by atoms with Crippen LogP contribution in [0.5, 0.6) is 0 Å². The predicted octanol–water partition coefficient (Wildman–Crippen LogP) is 3.18. The molecule has 1 aliphatic rings. The summed E-state index contributed by atoms with van der Waals surface area (Å²) < 4.78 is 5.25. The van der Waals surface area contributed by atoms with Gasteiger partial charge in [-0.1, -0.05) is 11.6 Å². The Bertz CT molecular complexity index is 561. The second kappa shape index (κ2) is 7.84. The molecule has 0 radical (unpaired) electrons. The molecule has 1 fully saturated rings. The fourth-order valence-electron chi connectivity index (χ4n) is 2.26. The first kappa shape index (κ1) is 16.4. The van der Waals surface area contributed by atoms with Crippen molar-refractivity contribution >= 4 is 24.4 Å². The third-order valence-corrected chi connectivity index (χ3v) is 3.74. The van der Waals surface area contributed by atoms with E-state index in [1.165, 1.54) is 17.7 Å². The SMILES string of the molecule is O=C(OCc1ccc([N+](=O)[O-])cc1)N1CCC(=CCS)CC1. The molecule has 22 heavy (non-hydrogen) atoms. The summed E-state index contributed by atoms with van der Waals surface area (Å²) in [4.78, 5) is 23.8. The minimum atomic E-state index is -0.459. The lowest BCUT2D eigenvalue weighted by Crippen LogP contribution is -2.36. The molecule has 1 heterocycles. The highest BCUT2D eigenvalue weighted by molar-refractivity contribution is 7.80. The first-order chi connectivity index (χ1) is 10.6. The minimum absolute atomic E-state index is 0.0228. The molecule has 1 saturated heterocycles. The first-order valence-corrected chi connectivity index (χ1v) is 7.67. The third-order valence-electron chi connectivity index (χ3n) is 3.55. The van der Waals surface area contributed by atoms with Crippen molar-refractivity contribution in [3.8, 4) is 0 Å². The first-order valence-electron chi connectivity index (χ1n) is 7.04. The molecular weight excluding hydrogens is 304 g/mol. The number of nitro groups is 1. The summed E-state index contributed by atoms with van der Waals surface area (Å²) in [6, 6.07) is 5.99. The summed E-state index contributed by atoms with van der Waals surface area (Å²) >= 11 is 4.16. The van der Waals surface area contributed by atoms with E-state index in [0.29, 0.717) is 13.1 Å². The van der Waals surface area contributed by atoms with Crippen molar-refractivity contribution in [2.24, 2.45) is 0 Å². The van der Waals surface area contributed by atoms with Gasteiger partial charge in [0, 0.05) is 31.0 Å². The number of non-ortho nitro benzene ring substituents is 1. The molecular formula is C15H18N2O4S. The molecule has 0 saturated carbocycles. The zero-order valence-corrected chi connectivity index (χ0v) is 13.0. The van der Waals surface area contributed by atoms with Crippen molar-refractivity contribution < 1.29 is 14.5 Å². The van der Waals surface area contributed by atoms with Gasteiger partial charge in [0.1, 0.15) is 6.61 Å². The number of thiol groups is 1. The van der Waals surface area contributed by atoms with Crippen LogP contribution in [0.15, 0.2) is 35.9 Å². The van der Waals surface area contributed by atoms with Crippen molar-refractivity contribution in [2.45, 2.75) is 19.4 Å². The minimum Gasteiger partial charge on any atom is -0.445 e. The van der Waals surface area contributed by atoms with E-state index in [9.17, 15) is 14.9 Å². The zero-order valence-electron chi connectivity index (χ0n) is 12.1. The normalized spacial score (nSPS) is 14.6. The predicted molar refractivity (Wildman–Crippen MR) is 86.0 cm³/mol.